The topological polar surface area (TPSA) is 16.1 Å². The van der Waals surface area contributed by atoms with Crippen LogP contribution in [0.15, 0.2) is 24.5 Å². The van der Waals surface area contributed by atoms with Crippen LogP contribution < -0.4 is 0 Å². The van der Waals surface area contributed by atoms with E-state index in [1.54, 1.807) is 0 Å². The highest BCUT2D eigenvalue weighted by molar-refractivity contribution is 5.16. The Hall–Kier alpha value is -0.890. The Morgan fingerprint density at radius 3 is 2.92 bits per heavy atom. The molecule has 0 amide bonds. The Kier molecular flexibility index (Phi) is 2.32. The van der Waals surface area contributed by atoms with Gasteiger partial charge < -0.3 is 0 Å². The van der Waals surface area contributed by atoms with Crippen molar-refractivity contribution in [2.24, 2.45) is 5.92 Å². The number of nitrogens with zero attached hydrogens (tertiary/aromatic N) is 2. The third-order valence-corrected chi connectivity index (χ3v) is 2.98. The number of aromatic nitrogens is 1. The van der Waals surface area contributed by atoms with E-state index in [-0.39, 0.29) is 0 Å². The van der Waals surface area contributed by atoms with Gasteiger partial charge in [0.25, 0.3) is 0 Å². The molecule has 1 aromatic heterocycles. The smallest absolute Gasteiger partial charge is 0.0386 e. The van der Waals surface area contributed by atoms with Crippen LogP contribution in [-0.4, -0.2) is 23.5 Å². The number of likely N-dealkylation sites (tertiary alicyclic amines) is 1. The molecule has 2 heterocycles. The minimum absolute atomic E-state index is 0.577. The highest BCUT2D eigenvalue weighted by Gasteiger charge is 2.29. The molecular weight excluding hydrogens is 160 g/mol. The van der Waals surface area contributed by atoms with Gasteiger partial charge in [-0.2, -0.15) is 0 Å². The fraction of sp³-hybridized carbons (Fsp3) is 0.545. The highest BCUT2D eigenvalue weighted by Crippen LogP contribution is 2.34. The molecule has 1 aromatic rings. The maximum Gasteiger partial charge on any atom is 0.0386 e. The van der Waals surface area contributed by atoms with Crippen LogP contribution in [0.25, 0.3) is 0 Å². The van der Waals surface area contributed by atoms with Crippen LogP contribution in [0.3, 0.4) is 0 Å². The van der Waals surface area contributed by atoms with Gasteiger partial charge in [-0.15, -0.1) is 0 Å². The lowest BCUT2D eigenvalue weighted by atomic mass is 9.97. The molecule has 0 aliphatic carbocycles. The standard InChI is InChI=1S/C11H16N2/c1-9-5-7-13(2)11(9)10-4-3-6-12-8-10/h3-4,6,8-9,11H,5,7H2,1-2H3/t9-,11+/m1/s1. The predicted molar refractivity (Wildman–Crippen MR) is 53.4 cm³/mol. The molecule has 0 aromatic carbocycles. The lowest BCUT2D eigenvalue weighted by Gasteiger charge is -2.22. The van der Waals surface area contributed by atoms with Gasteiger partial charge >= 0.3 is 0 Å². The van der Waals surface area contributed by atoms with Crippen LogP contribution in [0.2, 0.25) is 0 Å². The van der Waals surface area contributed by atoms with E-state index >= 15 is 0 Å². The lowest BCUT2D eigenvalue weighted by Crippen LogP contribution is -2.20. The third kappa shape index (κ3) is 1.59. The molecule has 0 radical (unpaired) electrons. The van der Waals surface area contributed by atoms with Crippen LogP contribution in [-0.2, 0) is 0 Å². The molecule has 1 aliphatic rings. The van der Waals surface area contributed by atoms with Crippen LogP contribution in [0, 0.1) is 5.92 Å². The molecule has 13 heavy (non-hydrogen) atoms. The summed E-state index contributed by atoms with van der Waals surface area (Å²) in [6.07, 6.45) is 5.13. The molecule has 2 atom stereocenters. The van der Waals surface area contributed by atoms with E-state index in [1.165, 1.54) is 18.5 Å². The van der Waals surface area contributed by atoms with Crippen LogP contribution in [0.5, 0.6) is 0 Å². The summed E-state index contributed by atoms with van der Waals surface area (Å²) < 4.78 is 0. The van der Waals surface area contributed by atoms with Crippen molar-refractivity contribution in [3.8, 4) is 0 Å². The van der Waals surface area contributed by atoms with E-state index in [1.807, 2.05) is 18.5 Å². The zero-order valence-electron chi connectivity index (χ0n) is 8.27. The average Bonchev–Trinajstić information content (AvgIpc) is 2.48. The zero-order valence-corrected chi connectivity index (χ0v) is 8.27. The van der Waals surface area contributed by atoms with Gasteiger partial charge in [-0.1, -0.05) is 13.0 Å². The van der Waals surface area contributed by atoms with Crippen molar-refractivity contribution in [2.45, 2.75) is 19.4 Å². The molecule has 2 rings (SSSR count). The first kappa shape index (κ1) is 8.70. The van der Waals surface area contributed by atoms with Crippen molar-refractivity contribution in [2.75, 3.05) is 13.6 Å². The molecule has 0 N–H and O–H groups in total. The summed E-state index contributed by atoms with van der Waals surface area (Å²) in [5.74, 6) is 0.759. The molecule has 0 bridgehead atoms. The Labute approximate surface area is 79.6 Å². The first-order chi connectivity index (χ1) is 6.29. The summed E-state index contributed by atoms with van der Waals surface area (Å²) in [6.45, 7) is 3.53. The Morgan fingerprint density at radius 2 is 2.38 bits per heavy atom. The molecule has 1 aliphatic heterocycles. The largest absolute Gasteiger partial charge is 0.299 e. The number of pyridine rings is 1. The maximum atomic E-state index is 4.17. The van der Waals surface area contributed by atoms with Crippen LogP contribution in [0.1, 0.15) is 24.9 Å². The molecule has 2 nitrogen and oxygen atoms in total. The second kappa shape index (κ2) is 3.46. The van der Waals surface area contributed by atoms with E-state index in [4.69, 9.17) is 0 Å². The van der Waals surface area contributed by atoms with Crippen molar-refractivity contribution < 1.29 is 0 Å². The van der Waals surface area contributed by atoms with E-state index in [0.29, 0.717) is 6.04 Å². The van der Waals surface area contributed by atoms with E-state index in [9.17, 15) is 0 Å². The molecule has 0 spiro atoms. The molecule has 2 heteroatoms. The fourth-order valence-corrected chi connectivity index (χ4v) is 2.27. The van der Waals surface area contributed by atoms with Gasteiger partial charge in [0.2, 0.25) is 0 Å². The Balaban J connectivity index is 2.25. The Morgan fingerprint density at radius 1 is 1.54 bits per heavy atom. The normalized spacial score (nSPS) is 29.4. The van der Waals surface area contributed by atoms with Crippen molar-refractivity contribution in [3.05, 3.63) is 30.1 Å². The van der Waals surface area contributed by atoms with E-state index in [2.05, 4.69) is 29.9 Å². The molecule has 0 unspecified atom stereocenters. The van der Waals surface area contributed by atoms with Crippen molar-refractivity contribution in [3.63, 3.8) is 0 Å². The van der Waals surface area contributed by atoms with Gasteiger partial charge in [0.1, 0.15) is 0 Å². The molecule has 1 saturated heterocycles. The van der Waals surface area contributed by atoms with Gasteiger partial charge in [-0.3, -0.25) is 9.88 Å². The van der Waals surface area contributed by atoms with Crippen molar-refractivity contribution >= 4 is 0 Å². The molecule has 70 valence electrons. The summed E-state index contributed by atoms with van der Waals surface area (Å²) in [5, 5.41) is 0. The monoisotopic (exact) mass is 176 g/mol. The number of hydrogen-bond donors (Lipinski definition) is 0. The van der Waals surface area contributed by atoms with Gasteiger partial charge in [-0.25, -0.2) is 0 Å². The van der Waals surface area contributed by atoms with Gasteiger partial charge in [-0.05, 0) is 37.6 Å². The molecule has 1 fully saturated rings. The van der Waals surface area contributed by atoms with Crippen LogP contribution in [0.4, 0.5) is 0 Å². The third-order valence-electron chi connectivity index (χ3n) is 2.98. The van der Waals surface area contributed by atoms with Crippen molar-refractivity contribution in [1.29, 1.82) is 0 Å². The van der Waals surface area contributed by atoms with Gasteiger partial charge in [0.05, 0.1) is 0 Å². The lowest BCUT2D eigenvalue weighted by molar-refractivity contribution is 0.285. The summed E-state index contributed by atoms with van der Waals surface area (Å²) in [7, 11) is 2.20. The quantitative estimate of drug-likeness (QED) is 0.651. The molecule has 0 saturated carbocycles. The Bertz CT molecular complexity index is 261. The van der Waals surface area contributed by atoms with Crippen LogP contribution >= 0.6 is 0 Å². The predicted octanol–water partition coefficient (Wildman–Crippen LogP) is 2.09. The SMILES string of the molecule is C[C@@H]1CCN(C)[C@@H]1c1cccnc1. The first-order valence-corrected chi connectivity index (χ1v) is 4.89. The van der Waals surface area contributed by atoms with Gasteiger partial charge in [0, 0.05) is 18.4 Å². The summed E-state index contributed by atoms with van der Waals surface area (Å²) in [6, 6.07) is 4.78. The summed E-state index contributed by atoms with van der Waals surface area (Å²) in [4.78, 5) is 6.59. The minimum Gasteiger partial charge on any atom is -0.299 e. The summed E-state index contributed by atoms with van der Waals surface area (Å²) >= 11 is 0. The molecular formula is C11H16N2. The number of hydrogen-bond acceptors (Lipinski definition) is 2. The fourth-order valence-electron chi connectivity index (χ4n) is 2.27. The van der Waals surface area contributed by atoms with E-state index < -0.39 is 0 Å². The zero-order chi connectivity index (χ0) is 9.26. The van der Waals surface area contributed by atoms with Crippen molar-refractivity contribution in [1.82, 2.24) is 9.88 Å². The average molecular weight is 176 g/mol. The van der Waals surface area contributed by atoms with E-state index in [0.717, 1.165) is 5.92 Å². The summed E-state index contributed by atoms with van der Waals surface area (Å²) in [5.41, 5.74) is 1.36. The second-order valence-electron chi connectivity index (χ2n) is 3.98. The number of rotatable bonds is 1. The highest BCUT2D eigenvalue weighted by atomic mass is 15.2. The maximum absolute atomic E-state index is 4.17. The van der Waals surface area contributed by atoms with Gasteiger partial charge in [0.15, 0.2) is 0 Å². The minimum atomic E-state index is 0.577. The second-order valence-corrected chi connectivity index (χ2v) is 3.98. The first-order valence-electron chi connectivity index (χ1n) is 4.89.